The highest BCUT2D eigenvalue weighted by atomic mass is 35.5. The fraction of sp³-hybridized carbons (Fsp3) is 0.381. The molecule has 0 heterocycles. The predicted molar refractivity (Wildman–Crippen MR) is 111 cm³/mol. The van der Waals surface area contributed by atoms with Crippen molar-refractivity contribution >= 4 is 33.0 Å². The lowest BCUT2D eigenvalue weighted by Gasteiger charge is -2.27. The first-order chi connectivity index (χ1) is 14.3. The second-order valence-corrected chi connectivity index (χ2v) is 10.3. The van der Waals surface area contributed by atoms with Gasteiger partial charge in [-0.1, -0.05) is 29.8 Å². The van der Waals surface area contributed by atoms with E-state index < -0.39 is 33.1 Å². The number of aliphatic hydroxyl groups is 1. The van der Waals surface area contributed by atoms with Crippen molar-refractivity contribution in [3.05, 3.63) is 58.6 Å². The van der Waals surface area contributed by atoms with E-state index in [-0.39, 0.29) is 33.7 Å². The van der Waals surface area contributed by atoms with Gasteiger partial charge in [0.15, 0.2) is 15.4 Å². The van der Waals surface area contributed by atoms with Crippen LogP contribution in [0, 0.1) is 5.92 Å². The molecular weight excluding hydrogens is 455 g/mol. The molecule has 1 aliphatic rings. The zero-order chi connectivity index (χ0) is 23.0. The Balaban J connectivity index is 1.65. The van der Waals surface area contributed by atoms with Crippen LogP contribution in [-0.2, 0) is 26.7 Å². The molecular formula is C21H21ClF3NO4S. The number of nitrogens with one attached hydrogen (secondary N) is 1. The fourth-order valence-electron chi connectivity index (χ4n) is 2.97. The minimum Gasteiger partial charge on any atom is -0.376 e. The molecule has 1 aliphatic carbocycles. The first-order valence-electron chi connectivity index (χ1n) is 9.50. The van der Waals surface area contributed by atoms with Gasteiger partial charge in [-0.2, -0.15) is 13.2 Å². The molecule has 10 heteroatoms. The predicted octanol–water partition coefficient (Wildman–Crippen LogP) is 4.47. The van der Waals surface area contributed by atoms with E-state index in [1.165, 1.54) is 18.2 Å². The number of amides is 1. The van der Waals surface area contributed by atoms with Crippen LogP contribution in [0.1, 0.15) is 30.9 Å². The number of halogens is 4. The maximum absolute atomic E-state index is 13.0. The quantitative estimate of drug-likeness (QED) is 0.618. The van der Waals surface area contributed by atoms with Crippen molar-refractivity contribution in [3.63, 3.8) is 0 Å². The smallest absolute Gasteiger partial charge is 0.376 e. The molecule has 0 aliphatic heterocycles. The summed E-state index contributed by atoms with van der Waals surface area (Å²) in [5.41, 5.74) is -2.88. The lowest BCUT2D eigenvalue weighted by molar-refractivity contribution is -0.258. The van der Waals surface area contributed by atoms with E-state index >= 15 is 0 Å². The summed E-state index contributed by atoms with van der Waals surface area (Å²) < 4.78 is 63.5. The molecule has 1 amide bonds. The van der Waals surface area contributed by atoms with Gasteiger partial charge in [-0.05, 0) is 61.1 Å². The fourth-order valence-corrected chi connectivity index (χ4v) is 4.89. The van der Waals surface area contributed by atoms with Gasteiger partial charge in [-0.25, -0.2) is 8.42 Å². The summed E-state index contributed by atoms with van der Waals surface area (Å²) >= 11 is 5.99. The molecule has 2 N–H and O–H groups in total. The van der Waals surface area contributed by atoms with Gasteiger partial charge in [0, 0.05) is 0 Å². The molecule has 2 aromatic carbocycles. The summed E-state index contributed by atoms with van der Waals surface area (Å²) in [6, 6.07) is 9.18. The van der Waals surface area contributed by atoms with Crippen LogP contribution in [0.15, 0.2) is 47.4 Å². The Labute approximate surface area is 183 Å². The Morgan fingerprint density at radius 3 is 2.29 bits per heavy atom. The van der Waals surface area contributed by atoms with Gasteiger partial charge >= 0.3 is 6.18 Å². The van der Waals surface area contributed by atoms with Crippen LogP contribution >= 0.6 is 11.6 Å². The molecule has 1 fully saturated rings. The third-order valence-electron chi connectivity index (χ3n) is 5.16. The molecule has 0 aromatic heterocycles. The number of rotatable bonds is 7. The zero-order valence-corrected chi connectivity index (χ0v) is 18.1. The minimum atomic E-state index is -4.89. The van der Waals surface area contributed by atoms with Gasteiger partial charge in [-0.3, -0.25) is 4.79 Å². The number of sulfone groups is 1. The van der Waals surface area contributed by atoms with Gasteiger partial charge in [0.25, 0.3) is 0 Å². The highest BCUT2D eigenvalue weighted by Gasteiger charge is 2.51. The lowest BCUT2D eigenvalue weighted by atomic mass is 9.95. The van der Waals surface area contributed by atoms with Crippen LogP contribution < -0.4 is 5.32 Å². The minimum absolute atomic E-state index is 0.0820. The molecule has 0 saturated heterocycles. The summed E-state index contributed by atoms with van der Waals surface area (Å²) in [6.07, 6.45) is -3.12. The zero-order valence-electron chi connectivity index (χ0n) is 16.5. The van der Waals surface area contributed by atoms with Crippen molar-refractivity contribution in [2.24, 2.45) is 5.92 Å². The SMILES string of the molecule is CC(O)(c1ccc(NC(=O)Cc2ccc(S(=O)(=O)CC3CC3)cc2)c(Cl)c1)C(F)(F)F. The maximum atomic E-state index is 13.0. The van der Waals surface area contributed by atoms with Gasteiger partial charge in [-0.15, -0.1) is 0 Å². The van der Waals surface area contributed by atoms with E-state index in [2.05, 4.69) is 5.32 Å². The average Bonchev–Trinajstić information content (AvgIpc) is 3.46. The van der Waals surface area contributed by atoms with Crippen molar-refractivity contribution in [2.45, 2.75) is 42.9 Å². The van der Waals surface area contributed by atoms with Gasteiger partial charge < -0.3 is 10.4 Å². The first kappa shape index (κ1) is 23.6. The molecule has 0 bridgehead atoms. The Morgan fingerprint density at radius 1 is 1.16 bits per heavy atom. The lowest BCUT2D eigenvalue weighted by Crippen LogP contribution is -2.39. The number of benzene rings is 2. The number of carbonyl (C=O) groups is 1. The molecule has 31 heavy (non-hydrogen) atoms. The van der Waals surface area contributed by atoms with Crippen LogP contribution in [0.2, 0.25) is 5.02 Å². The maximum Gasteiger partial charge on any atom is 0.421 e. The summed E-state index contributed by atoms with van der Waals surface area (Å²) in [5.74, 6) is -0.125. The molecule has 1 atom stereocenters. The third-order valence-corrected chi connectivity index (χ3v) is 7.37. The molecule has 5 nitrogen and oxygen atoms in total. The molecule has 1 unspecified atom stereocenters. The highest BCUT2D eigenvalue weighted by Crippen LogP contribution is 2.40. The molecule has 1 saturated carbocycles. The summed E-state index contributed by atoms with van der Waals surface area (Å²) in [4.78, 5) is 12.5. The van der Waals surface area contributed by atoms with Crippen LogP contribution in [0.5, 0.6) is 0 Å². The van der Waals surface area contributed by atoms with Crippen LogP contribution in [-0.4, -0.2) is 31.4 Å². The molecule has 0 spiro atoms. The van der Waals surface area contributed by atoms with Crippen molar-refractivity contribution in [1.82, 2.24) is 0 Å². The van der Waals surface area contributed by atoms with E-state index in [1.807, 2.05) is 0 Å². The van der Waals surface area contributed by atoms with Gasteiger partial charge in [0.1, 0.15) is 0 Å². The highest BCUT2D eigenvalue weighted by molar-refractivity contribution is 7.91. The Morgan fingerprint density at radius 2 is 1.77 bits per heavy atom. The molecule has 3 rings (SSSR count). The monoisotopic (exact) mass is 475 g/mol. The van der Waals surface area contributed by atoms with E-state index in [9.17, 15) is 31.5 Å². The van der Waals surface area contributed by atoms with E-state index in [0.717, 1.165) is 25.0 Å². The average molecular weight is 476 g/mol. The number of alkyl halides is 3. The van der Waals surface area contributed by atoms with Gasteiger partial charge in [0.2, 0.25) is 5.91 Å². The van der Waals surface area contributed by atoms with E-state index in [1.54, 1.807) is 12.1 Å². The Kier molecular flexibility index (Phi) is 6.42. The Bertz CT molecular complexity index is 1080. The standard InChI is InChI=1S/C21H21ClF3NO4S/c1-20(28,21(23,24)25)15-6-9-18(17(22)11-15)26-19(27)10-13-4-7-16(8-5-13)31(29,30)12-14-2-3-14/h4-9,11,14,28H,2-3,10,12H2,1H3,(H,26,27). The van der Waals surface area contributed by atoms with E-state index in [0.29, 0.717) is 12.5 Å². The summed E-state index contributed by atoms with van der Waals surface area (Å²) in [5, 5.41) is 12.1. The van der Waals surface area contributed by atoms with Crippen molar-refractivity contribution in [2.75, 3.05) is 11.1 Å². The topological polar surface area (TPSA) is 83.5 Å². The normalized spacial score (nSPS) is 16.6. The molecule has 2 aromatic rings. The number of hydrogen-bond donors (Lipinski definition) is 2. The van der Waals surface area contributed by atoms with Crippen molar-refractivity contribution in [1.29, 1.82) is 0 Å². The second kappa shape index (κ2) is 8.44. The Hall–Kier alpha value is -2.10. The van der Waals surface area contributed by atoms with Crippen LogP contribution in [0.3, 0.4) is 0 Å². The van der Waals surface area contributed by atoms with Crippen molar-refractivity contribution < 1.29 is 31.5 Å². The number of anilines is 1. The largest absolute Gasteiger partial charge is 0.421 e. The number of carbonyl (C=O) groups excluding carboxylic acids is 1. The van der Waals surface area contributed by atoms with Gasteiger partial charge in [0.05, 0.1) is 27.8 Å². The molecule has 168 valence electrons. The van der Waals surface area contributed by atoms with Crippen LogP contribution in [0.25, 0.3) is 0 Å². The van der Waals surface area contributed by atoms with Crippen LogP contribution in [0.4, 0.5) is 18.9 Å². The number of hydrogen-bond acceptors (Lipinski definition) is 4. The van der Waals surface area contributed by atoms with Crippen molar-refractivity contribution in [3.8, 4) is 0 Å². The first-order valence-corrected chi connectivity index (χ1v) is 11.5. The molecule has 0 radical (unpaired) electrons. The second-order valence-electron chi connectivity index (χ2n) is 7.86. The summed E-state index contributed by atoms with van der Waals surface area (Å²) in [6.45, 7) is 0.617. The third kappa shape index (κ3) is 5.58. The van der Waals surface area contributed by atoms with E-state index in [4.69, 9.17) is 11.6 Å². The summed E-state index contributed by atoms with van der Waals surface area (Å²) in [7, 11) is -3.34.